The van der Waals surface area contributed by atoms with E-state index in [2.05, 4.69) is 25.1 Å². The SMILES string of the molecule is C#CC(C)(C)CC(C)(C)CNC(C)=O. The number of amides is 1. The minimum absolute atomic E-state index is 0.0107. The summed E-state index contributed by atoms with van der Waals surface area (Å²) < 4.78 is 0. The van der Waals surface area contributed by atoms with E-state index in [1.54, 1.807) is 0 Å². The summed E-state index contributed by atoms with van der Waals surface area (Å²) >= 11 is 0. The Kier molecular flexibility index (Phi) is 4.19. The average molecular weight is 195 g/mol. The van der Waals surface area contributed by atoms with E-state index in [-0.39, 0.29) is 16.7 Å². The molecule has 1 amide bonds. The van der Waals surface area contributed by atoms with Gasteiger partial charge in [-0.3, -0.25) is 4.79 Å². The molecule has 14 heavy (non-hydrogen) atoms. The number of nitrogens with one attached hydrogen (secondary N) is 1. The van der Waals surface area contributed by atoms with Gasteiger partial charge < -0.3 is 5.32 Å². The molecule has 80 valence electrons. The van der Waals surface area contributed by atoms with Crippen molar-refractivity contribution in [1.82, 2.24) is 5.32 Å². The fraction of sp³-hybridized carbons (Fsp3) is 0.750. The van der Waals surface area contributed by atoms with Crippen LogP contribution in [0, 0.1) is 23.2 Å². The first-order chi connectivity index (χ1) is 6.18. The van der Waals surface area contributed by atoms with Crippen molar-refractivity contribution >= 4 is 5.91 Å². The minimum atomic E-state index is -0.109. The molecule has 0 aliphatic heterocycles. The summed E-state index contributed by atoms with van der Waals surface area (Å²) in [7, 11) is 0. The van der Waals surface area contributed by atoms with E-state index in [4.69, 9.17) is 6.42 Å². The topological polar surface area (TPSA) is 29.1 Å². The molecule has 0 aliphatic rings. The third-order valence-corrected chi connectivity index (χ3v) is 2.13. The Bertz CT molecular complexity index is 246. The quantitative estimate of drug-likeness (QED) is 0.685. The van der Waals surface area contributed by atoms with E-state index in [0.29, 0.717) is 6.54 Å². The molecule has 0 unspecified atom stereocenters. The molecule has 0 fully saturated rings. The molecule has 2 nitrogen and oxygen atoms in total. The highest BCUT2D eigenvalue weighted by atomic mass is 16.1. The van der Waals surface area contributed by atoms with Crippen LogP contribution in [0.3, 0.4) is 0 Å². The zero-order chi connectivity index (χ0) is 11.4. The lowest BCUT2D eigenvalue weighted by molar-refractivity contribution is -0.119. The summed E-state index contributed by atoms with van der Waals surface area (Å²) in [5.41, 5.74) is -0.0660. The van der Waals surface area contributed by atoms with Gasteiger partial charge >= 0.3 is 0 Å². The van der Waals surface area contributed by atoms with Crippen LogP contribution in [0.5, 0.6) is 0 Å². The fourth-order valence-corrected chi connectivity index (χ4v) is 1.67. The minimum Gasteiger partial charge on any atom is -0.356 e. The van der Waals surface area contributed by atoms with Crippen molar-refractivity contribution < 1.29 is 4.79 Å². The van der Waals surface area contributed by atoms with Crippen LogP contribution in [0.15, 0.2) is 0 Å². The van der Waals surface area contributed by atoms with Gasteiger partial charge in [0, 0.05) is 18.9 Å². The summed E-state index contributed by atoms with van der Waals surface area (Å²) in [4.78, 5) is 10.8. The number of hydrogen-bond acceptors (Lipinski definition) is 1. The van der Waals surface area contributed by atoms with Gasteiger partial charge in [-0.1, -0.05) is 13.8 Å². The Hall–Kier alpha value is -0.970. The first-order valence-electron chi connectivity index (χ1n) is 4.91. The predicted octanol–water partition coefficient (Wildman–Crippen LogP) is 2.20. The molecule has 1 N–H and O–H groups in total. The molecule has 0 heterocycles. The van der Waals surface area contributed by atoms with Crippen LogP contribution in [0.25, 0.3) is 0 Å². The van der Waals surface area contributed by atoms with Crippen molar-refractivity contribution in [2.45, 2.75) is 41.0 Å². The second-order valence-corrected chi connectivity index (χ2v) is 5.28. The molecule has 0 spiro atoms. The normalized spacial score (nSPS) is 12.0. The van der Waals surface area contributed by atoms with Gasteiger partial charge in [-0.25, -0.2) is 0 Å². The largest absolute Gasteiger partial charge is 0.356 e. The van der Waals surface area contributed by atoms with Crippen LogP contribution in [0.2, 0.25) is 0 Å². The van der Waals surface area contributed by atoms with Gasteiger partial charge in [0.2, 0.25) is 5.91 Å². The lowest BCUT2D eigenvalue weighted by Crippen LogP contribution is -2.35. The number of carbonyl (C=O) groups excluding carboxylic acids is 1. The lowest BCUT2D eigenvalue weighted by Gasteiger charge is -2.31. The average Bonchev–Trinajstić information content (AvgIpc) is 1.99. The van der Waals surface area contributed by atoms with Gasteiger partial charge in [-0.05, 0) is 25.7 Å². The lowest BCUT2D eigenvalue weighted by atomic mass is 9.75. The standard InChI is InChI=1S/C12H21NO/c1-7-11(3,4)8-12(5,6)9-13-10(2)14/h1H,8-9H2,2-6H3,(H,13,14). The van der Waals surface area contributed by atoms with Crippen molar-refractivity contribution in [3.63, 3.8) is 0 Å². The van der Waals surface area contributed by atoms with Crippen LogP contribution in [-0.4, -0.2) is 12.5 Å². The summed E-state index contributed by atoms with van der Waals surface area (Å²) in [6, 6.07) is 0. The first-order valence-corrected chi connectivity index (χ1v) is 4.91. The van der Waals surface area contributed by atoms with Gasteiger partial charge in [0.1, 0.15) is 0 Å². The van der Waals surface area contributed by atoms with Crippen LogP contribution in [0.1, 0.15) is 41.0 Å². The predicted molar refractivity (Wildman–Crippen MR) is 59.7 cm³/mol. The summed E-state index contributed by atoms with van der Waals surface area (Å²) in [6.45, 7) is 10.5. The number of terminal acetylenes is 1. The highest BCUT2D eigenvalue weighted by molar-refractivity contribution is 5.72. The van der Waals surface area contributed by atoms with Crippen molar-refractivity contribution in [3.05, 3.63) is 0 Å². The molecule has 0 saturated heterocycles. The smallest absolute Gasteiger partial charge is 0.216 e. The van der Waals surface area contributed by atoms with E-state index in [9.17, 15) is 4.79 Å². The van der Waals surface area contributed by atoms with Crippen LogP contribution >= 0.6 is 0 Å². The zero-order valence-corrected chi connectivity index (χ0v) is 9.90. The first kappa shape index (κ1) is 13.0. The molecule has 0 aromatic heterocycles. The second-order valence-electron chi connectivity index (χ2n) is 5.28. The van der Waals surface area contributed by atoms with Crippen LogP contribution < -0.4 is 5.32 Å². The van der Waals surface area contributed by atoms with Gasteiger partial charge in [0.15, 0.2) is 0 Å². The molecule has 2 heteroatoms. The monoisotopic (exact) mass is 195 g/mol. The number of rotatable bonds is 4. The molecular formula is C12H21NO. The van der Waals surface area contributed by atoms with Crippen molar-refractivity contribution in [3.8, 4) is 12.3 Å². The molecule has 0 atom stereocenters. The molecule has 0 aliphatic carbocycles. The highest BCUT2D eigenvalue weighted by Crippen LogP contribution is 2.32. The van der Waals surface area contributed by atoms with Crippen molar-refractivity contribution in [2.75, 3.05) is 6.54 Å². The van der Waals surface area contributed by atoms with Gasteiger partial charge in [0.25, 0.3) is 0 Å². The Balaban J connectivity index is 4.21. The number of carbonyl (C=O) groups is 1. The van der Waals surface area contributed by atoms with E-state index >= 15 is 0 Å². The summed E-state index contributed by atoms with van der Waals surface area (Å²) in [6.07, 6.45) is 6.33. The number of hydrogen-bond donors (Lipinski definition) is 1. The third kappa shape index (κ3) is 5.64. The molecule has 0 radical (unpaired) electrons. The van der Waals surface area contributed by atoms with Crippen molar-refractivity contribution in [2.24, 2.45) is 10.8 Å². The van der Waals surface area contributed by atoms with Gasteiger partial charge in [-0.2, -0.15) is 0 Å². The second kappa shape index (κ2) is 4.50. The molecule has 0 rings (SSSR count). The zero-order valence-electron chi connectivity index (χ0n) is 9.90. The van der Waals surface area contributed by atoms with E-state index in [0.717, 1.165) is 6.42 Å². The van der Waals surface area contributed by atoms with E-state index in [1.165, 1.54) is 6.92 Å². The summed E-state index contributed by atoms with van der Waals surface area (Å²) in [5.74, 6) is 2.78. The maximum Gasteiger partial charge on any atom is 0.216 e. The van der Waals surface area contributed by atoms with E-state index < -0.39 is 0 Å². The maximum atomic E-state index is 10.8. The van der Waals surface area contributed by atoms with Crippen LogP contribution in [0.4, 0.5) is 0 Å². The Morgan fingerprint density at radius 1 is 1.36 bits per heavy atom. The molecule has 0 bridgehead atoms. The Morgan fingerprint density at radius 3 is 2.21 bits per heavy atom. The molecule has 0 aromatic carbocycles. The highest BCUT2D eigenvalue weighted by Gasteiger charge is 2.27. The summed E-state index contributed by atoms with van der Waals surface area (Å²) in [5, 5.41) is 2.82. The molecular weight excluding hydrogens is 174 g/mol. The van der Waals surface area contributed by atoms with Crippen molar-refractivity contribution in [1.29, 1.82) is 0 Å². The Morgan fingerprint density at radius 2 is 1.86 bits per heavy atom. The van der Waals surface area contributed by atoms with E-state index in [1.807, 2.05) is 13.8 Å². The van der Waals surface area contributed by atoms with Crippen LogP contribution in [-0.2, 0) is 4.79 Å². The van der Waals surface area contributed by atoms with Gasteiger partial charge in [-0.15, -0.1) is 12.3 Å². The molecule has 0 saturated carbocycles. The fourth-order valence-electron chi connectivity index (χ4n) is 1.67. The Labute approximate surface area is 87.5 Å². The molecule has 0 aromatic rings. The maximum absolute atomic E-state index is 10.8. The third-order valence-electron chi connectivity index (χ3n) is 2.13. The van der Waals surface area contributed by atoms with Gasteiger partial charge in [0.05, 0.1) is 0 Å².